The van der Waals surface area contributed by atoms with Crippen molar-refractivity contribution in [1.82, 2.24) is 15.1 Å². The van der Waals surface area contributed by atoms with Gasteiger partial charge >= 0.3 is 0 Å². The summed E-state index contributed by atoms with van der Waals surface area (Å²) in [5.41, 5.74) is 1.06. The quantitative estimate of drug-likeness (QED) is 0.338. The van der Waals surface area contributed by atoms with Crippen LogP contribution in [-0.2, 0) is 15.0 Å². The number of imide groups is 1. The van der Waals surface area contributed by atoms with Crippen LogP contribution in [0.25, 0.3) is 5.69 Å². The molecule has 0 saturated carbocycles. The van der Waals surface area contributed by atoms with Crippen molar-refractivity contribution in [3.05, 3.63) is 82.2 Å². The number of carbonyl (C=O) groups is 3. The summed E-state index contributed by atoms with van der Waals surface area (Å²) in [6.07, 6.45) is 2.82. The van der Waals surface area contributed by atoms with Crippen molar-refractivity contribution < 1.29 is 19.3 Å². The maximum Gasteiger partial charge on any atom is 0.276 e. The number of nitro groups is 1. The minimum atomic E-state index is -0.770. The Bertz CT molecular complexity index is 1250. The molecule has 1 saturated heterocycles. The molecule has 168 valence electrons. The smallest absolute Gasteiger partial charge is 0.276 e. The van der Waals surface area contributed by atoms with Crippen molar-refractivity contribution in [3.8, 4) is 5.69 Å². The number of hydrogen-bond donors (Lipinski definition) is 2. The van der Waals surface area contributed by atoms with Gasteiger partial charge in [0, 0.05) is 30.4 Å². The van der Waals surface area contributed by atoms with E-state index in [0.29, 0.717) is 24.2 Å². The van der Waals surface area contributed by atoms with Crippen molar-refractivity contribution in [3.63, 3.8) is 0 Å². The second-order valence-corrected chi connectivity index (χ2v) is 7.77. The van der Waals surface area contributed by atoms with E-state index in [4.69, 9.17) is 0 Å². The molecule has 1 aliphatic heterocycles. The number of nitro benzene ring substituents is 1. The van der Waals surface area contributed by atoms with Crippen LogP contribution in [0.4, 0.5) is 11.4 Å². The molecule has 1 unspecified atom stereocenters. The van der Waals surface area contributed by atoms with Gasteiger partial charge in [0.25, 0.3) is 11.6 Å². The summed E-state index contributed by atoms with van der Waals surface area (Å²) in [4.78, 5) is 47.2. The lowest BCUT2D eigenvalue weighted by molar-refractivity contribution is -0.384. The van der Waals surface area contributed by atoms with E-state index in [2.05, 4.69) is 15.7 Å². The van der Waals surface area contributed by atoms with Gasteiger partial charge < -0.3 is 5.32 Å². The number of piperidine rings is 1. The number of carbonyl (C=O) groups excluding carboxylic acids is 3. The van der Waals surface area contributed by atoms with Crippen LogP contribution in [0.5, 0.6) is 0 Å². The zero-order chi connectivity index (χ0) is 23.6. The third-order valence-corrected chi connectivity index (χ3v) is 5.89. The van der Waals surface area contributed by atoms with Gasteiger partial charge in [-0.2, -0.15) is 5.10 Å². The Morgan fingerprint density at radius 2 is 1.97 bits per heavy atom. The van der Waals surface area contributed by atoms with E-state index >= 15 is 0 Å². The molecule has 1 fully saturated rings. The second-order valence-electron chi connectivity index (χ2n) is 7.77. The fourth-order valence-electron chi connectivity index (χ4n) is 3.97. The highest BCUT2D eigenvalue weighted by atomic mass is 16.6. The molecule has 0 bridgehead atoms. The first kappa shape index (κ1) is 21.9. The number of rotatable bonds is 6. The first-order valence-electron chi connectivity index (χ1n) is 10.4. The standard InChI is InChI=1S/C23H21N5O5/c1-2-23(12-10-20(29)25-22(23)31)15-6-8-16(9-7-15)24-21(30)19-11-13-27(26-19)17-4-3-5-18(14-17)28(32)33/h3-9,11,13-14H,2,10,12H2,1H3,(H,24,30)(H,25,29,31). The Hall–Kier alpha value is -4.34. The Kier molecular flexibility index (Phi) is 5.74. The molecule has 2 N–H and O–H groups in total. The Morgan fingerprint density at radius 1 is 1.21 bits per heavy atom. The highest BCUT2D eigenvalue weighted by Crippen LogP contribution is 2.36. The van der Waals surface area contributed by atoms with E-state index in [9.17, 15) is 24.5 Å². The molecule has 2 heterocycles. The average molecular weight is 447 g/mol. The highest BCUT2D eigenvalue weighted by molar-refractivity contribution is 6.04. The lowest BCUT2D eigenvalue weighted by Crippen LogP contribution is -2.51. The molecule has 0 radical (unpaired) electrons. The molecular weight excluding hydrogens is 426 g/mol. The van der Waals surface area contributed by atoms with Crippen molar-refractivity contribution >= 4 is 29.1 Å². The summed E-state index contributed by atoms with van der Waals surface area (Å²) in [6.45, 7) is 1.91. The largest absolute Gasteiger partial charge is 0.321 e. The van der Waals surface area contributed by atoms with Crippen molar-refractivity contribution in [1.29, 1.82) is 0 Å². The van der Waals surface area contributed by atoms with Gasteiger partial charge in [-0.1, -0.05) is 25.1 Å². The number of hydrogen-bond acceptors (Lipinski definition) is 6. The second kappa shape index (κ2) is 8.65. The molecule has 4 rings (SSSR count). The fourth-order valence-corrected chi connectivity index (χ4v) is 3.97. The van der Waals surface area contributed by atoms with Crippen LogP contribution in [0.2, 0.25) is 0 Å². The normalized spacial score (nSPS) is 18.0. The maximum atomic E-state index is 12.6. The van der Waals surface area contributed by atoms with Gasteiger partial charge in [0.05, 0.1) is 16.0 Å². The number of non-ortho nitro benzene ring substituents is 1. The van der Waals surface area contributed by atoms with Crippen LogP contribution in [-0.4, -0.2) is 32.4 Å². The zero-order valence-electron chi connectivity index (χ0n) is 17.8. The van der Waals surface area contributed by atoms with Crippen LogP contribution < -0.4 is 10.6 Å². The number of aromatic nitrogens is 2. The molecular formula is C23H21N5O5. The average Bonchev–Trinajstić information content (AvgIpc) is 3.31. The van der Waals surface area contributed by atoms with Crippen LogP contribution in [0, 0.1) is 10.1 Å². The van der Waals surface area contributed by atoms with Gasteiger partial charge in [-0.05, 0) is 42.7 Å². The number of anilines is 1. The first-order chi connectivity index (χ1) is 15.8. The van der Waals surface area contributed by atoms with E-state index in [1.807, 2.05) is 6.92 Å². The molecule has 3 aromatic rings. The summed E-state index contributed by atoms with van der Waals surface area (Å²) >= 11 is 0. The number of amides is 3. The minimum absolute atomic E-state index is 0.0741. The fraction of sp³-hybridized carbons (Fsp3) is 0.217. The monoisotopic (exact) mass is 447 g/mol. The van der Waals surface area contributed by atoms with Crippen LogP contribution in [0.3, 0.4) is 0 Å². The van der Waals surface area contributed by atoms with Gasteiger partial charge in [-0.15, -0.1) is 0 Å². The van der Waals surface area contributed by atoms with E-state index in [-0.39, 0.29) is 29.6 Å². The first-order valence-corrected chi connectivity index (χ1v) is 10.4. The van der Waals surface area contributed by atoms with Gasteiger partial charge in [0.2, 0.25) is 11.8 Å². The maximum absolute atomic E-state index is 12.6. The predicted octanol–water partition coefficient (Wildman–Crippen LogP) is 3.12. The SMILES string of the molecule is CCC1(c2ccc(NC(=O)c3ccn(-c4cccc([N+](=O)[O-])c4)n3)cc2)CCC(=O)NC1=O. The van der Waals surface area contributed by atoms with E-state index in [1.165, 1.54) is 22.9 Å². The van der Waals surface area contributed by atoms with Crippen molar-refractivity contribution in [2.75, 3.05) is 5.32 Å². The molecule has 1 aromatic heterocycles. The summed E-state index contributed by atoms with van der Waals surface area (Å²) in [6, 6.07) is 14.4. The highest BCUT2D eigenvalue weighted by Gasteiger charge is 2.42. The molecule has 2 aromatic carbocycles. The Balaban J connectivity index is 1.49. The van der Waals surface area contributed by atoms with E-state index in [1.54, 1.807) is 42.6 Å². The third-order valence-electron chi connectivity index (χ3n) is 5.89. The number of nitrogens with one attached hydrogen (secondary N) is 2. The number of benzene rings is 2. The van der Waals surface area contributed by atoms with Crippen molar-refractivity contribution in [2.24, 2.45) is 0 Å². The van der Waals surface area contributed by atoms with Gasteiger partial charge in [0.1, 0.15) is 0 Å². The summed E-state index contributed by atoms with van der Waals surface area (Å²) in [5.74, 6) is -1.01. The topological polar surface area (TPSA) is 136 Å². The minimum Gasteiger partial charge on any atom is -0.321 e. The van der Waals surface area contributed by atoms with Gasteiger partial charge in [0.15, 0.2) is 5.69 Å². The molecule has 33 heavy (non-hydrogen) atoms. The zero-order valence-corrected chi connectivity index (χ0v) is 17.8. The lowest BCUT2D eigenvalue weighted by atomic mass is 9.72. The summed E-state index contributed by atoms with van der Waals surface area (Å²) in [7, 11) is 0. The summed E-state index contributed by atoms with van der Waals surface area (Å²) < 4.78 is 1.39. The van der Waals surface area contributed by atoms with Crippen LogP contribution in [0.15, 0.2) is 60.8 Å². The molecule has 10 nitrogen and oxygen atoms in total. The molecule has 3 amide bonds. The van der Waals surface area contributed by atoms with Gasteiger partial charge in [-0.25, -0.2) is 4.68 Å². The molecule has 0 aliphatic carbocycles. The molecule has 1 atom stereocenters. The molecule has 10 heteroatoms. The summed E-state index contributed by atoms with van der Waals surface area (Å²) in [5, 5.41) is 20.4. The van der Waals surface area contributed by atoms with Gasteiger partial charge in [-0.3, -0.25) is 29.8 Å². The third kappa shape index (κ3) is 4.22. The Labute approximate surface area is 188 Å². The molecule has 0 spiro atoms. The van der Waals surface area contributed by atoms with Crippen LogP contribution >= 0.6 is 0 Å². The predicted molar refractivity (Wildman–Crippen MR) is 119 cm³/mol. The molecule has 1 aliphatic rings. The van der Waals surface area contributed by atoms with E-state index < -0.39 is 16.2 Å². The Morgan fingerprint density at radius 3 is 2.64 bits per heavy atom. The number of nitrogens with zero attached hydrogens (tertiary/aromatic N) is 3. The van der Waals surface area contributed by atoms with Crippen LogP contribution in [0.1, 0.15) is 42.2 Å². The van der Waals surface area contributed by atoms with Crippen molar-refractivity contribution in [2.45, 2.75) is 31.6 Å². The lowest BCUT2D eigenvalue weighted by Gasteiger charge is -2.35. The van der Waals surface area contributed by atoms with E-state index in [0.717, 1.165) is 5.56 Å².